The number of amides is 1. The molecule has 0 unspecified atom stereocenters. The van der Waals surface area contributed by atoms with Crippen LogP contribution >= 0.6 is 11.6 Å². The number of rotatable bonds is 5. The van der Waals surface area contributed by atoms with Gasteiger partial charge in [0.25, 0.3) is 5.91 Å². The van der Waals surface area contributed by atoms with E-state index < -0.39 is 10.0 Å². The molecule has 0 heterocycles. The lowest BCUT2D eigenvalue weighted by molar-refractivity contribution is 0.0900. The Morgan fingerprint density at radius 1 is 1.33 bits per heavy atom. The largest absolute Gasteiger partial charge is 0.347 e. The van der Waals surface area contributed by atoms with E-state index in [2.05, 4.69) is 5.32 Å². The Morgan fingerprint density at radius 3 is 2.29 bits per heavy atom. The second kappa shape index (κ2) is 6.34. The molecule has 0 aliphatic heterocycles. The van der Waals surface area contributed by atoms with Gasteiger partial charge in [-0.25, -0.2) is 13.6 Å². The average molecular weight is 333 g/mol. The molecule has 0 fully saturated rings. The van der Waals surface area contributed by atoms with Crippen LogP contribution in [0.1, 0.15) is 49.5 Å². The molecule has 1 rings (SSSR count). The maximum absolute atomic E-state index is 12.4. The first-order chi connectivity index (χ1) is 9.54. The molecular formula is C14H21ClN2O3S. The van der Waals surface area contributed by atoms with Crippen molar-refractivity contribution in [3.63, 3.8) is 0 Å². The van der Waals surface area contributed by atoms with Crippen LogP contribution in [-0.4, -0.2) is 19.9 Å². The van der Waals surface area contributed by atoms with Crippen molar-refractivity contribution in [3.8, 4) is 0 Å². The smallest absolute Gasteiger partial charge is 0.252 e. The van der Waals surface area contributed by atoms with Gasteiger partial charge in [-0.1, -0.05) is 25.4 Å². The van der Waals surface area contributed by atoms with Gasteiger partial charge in [-0.15, -0.1) is 0 Å². The van der Waals surface area contributed by atoms with Gasteiger partial charge in [0.2, 0.25) is 10.0 Å². The van der Waals surface area contributed by atoms with Crippen LogP contribution < -0.4 is 10.5 Å². The number of sulfonamides is 1. The highest BCUT2D eigenvalue weighted by atomic mass is 35.5. The second-order valence-electron chi connectivity index (χ2n) is 5.34. The Kier molecular flexibility index (Phi) is 5.41. The fourth-order valence-electron chi connectivity index (χ4n) is 1.95. The zero-order valence-corrected chi connectivity index (χ0v) is 14.2. The number of carbonyl (C=O) groups is 1. The predicted molar refractivity (Wildman–Crippen MR) is 84.0 cm³/mol. The summed E-state index contributed by atoms with van der Waals surface area (Å²) in [5, 5.41) is 8.24. The van der Waals surface area contributed by atoms with Crippen LogP contribution in [0.5, 0.6) is 0 Å². The normalized spacial score (nSPS) is 12.3. The van der Waals surface area contributed by atoms with Gasteiger partial charge in [-0.3, -0.25) is 4.79 Å². The van der Waals surface area contributed by atoms with Crippen molar-refractivity contribution in [2.75, 3.05) is 0 Å². The molecule has 0 aliphatic carbocycles. The van der Waals surface area contributed by atoms with Gasteiger partial charge < -0.3 is 5.32 Å². The first-order valence-electron chi connectivity index (χ1n) is 6.69. The van der Waals surface area contributed by atoms with Crippen molar-refractivity contribution in [1.29, 1.82) is 0 Å². The van der Waals surface area contributed by atoms with E-state index in [1.54, 1.807) is 6.92 Å². The van der Waals surface area contributed by atoms with Crippen molar-refractivity contribution in [1.82, 2.24) is 5.32 Å². The van der Waals surface area contributed by atoms with Gasteiger partial charge in [-0.2, -0.15) is 0 Å². The number of nitrogens with one attached hydrogen (secondary N) is 1. The summed E-state index contributed by atoms with van der Waals surface area (Å²) in [6.07, 6.45) is 1.52. The minimum Gasteiger partial charge on any atom is -0.347 e. The molecule has 0 saturated carbocycles. The lowest BCUT2D eigenvalue weighted by atomic mass is 9.94. The molecule has 1 aromatic carbocycles. The van der Waals surface area contributed by atoms with Crippen molar-refractivity contribution in [3.05, 3.63) is 28.3 Å². The maximum atomic E-state index is 12.4. The SMILES string of the molecule is CCC(C)(CC)NC(=O)c1cc(Cl)cc(S(N)(=O)=O)c1C. The Labute approximate surface area is 130 Å². The first-order valence-corrected chi connectivity index (χ1v) is 8.62. The van der Waals surface area contributed by atoms with Crippen LogP contribution in [0.3, 0.4) is 0 Å². The summed E-state index contributed by atoms with van der Waals surface area (Å²) in [4.78, 5) is 12.3. The standard InChI is InChI=1S/C14H21ClN2O3S/c1-5-14(4,6-2)17-13(18)11-7-10(15)8-12(9(11)3)21(16,19)20/h7-8H,5-6H2,1-4H3,(H,17,18)(H2,16,19,20). The molecule has 0 radical (unpaired) electrons. The van der Waals surface area contributed by atoms with Gasteiger partial charge in [0.1, 0.15) is 0 Å². The summed E-state index contributed by atoms with van der Waals surface area (Å²) < 4.78 is 23.1. The van der Waals surface area contributed by atoms with Crippen LogP contribution in [-0.2, 0) is 10.0 Å². The van der Waals surface area contributed by atoms with E-state index in [1.807, 2.05) is 20.8 Å². The number of hydrogen-bond acceptors (Lipinski definition) is 3. The fourth-order valence-corrected chi connectivity index (χ4v) is 3.06. The van der Waals surface area contributed by atoms with E-state index in [1.165, 1.54) is 12.1 Å². The highest BCUT2D eigenvalue weighted by molar-refractivity contribution is 7.89. The lowest BCUT2D eigenvalue weighted by Gasteiger charge is -2.28. The summed E-state index contributed by atoms with van der Waals surface area (Å²) in [6, 6.07) is 2.70. The molecule has 0 atom stereocenters. The molecule has 21 heavy (non-hydrogen) atoms. The molecule has 1 amide bonds. The van der Waals surface area contributed by atoms with Crippen LogP contribution in [0, 0.1) is 6.92 Å². The van der Waals surface area contributed by atoms with E-state index in [4.69, 9.17) is 16.7 Å². The molecular weight excluding hydrogens is 312 g/mol. The van der Waals surface area contributed by atoms with Gasteiger partial charge >= 0.3 is 0 Å². The fraction of sp³-hybridized carbons (Fsp3) is 0.500. The molecule has 0 aliphatic rings. The van der Waals surface area contributed by atoms with Gasteiger partial charge in [0.05, 0.1) is 4.90 Å². The lowest BCUT2D eigenvalue weighted by Crippen LogP contribution is -2.45. The third-order valence-corrected chi connectivity index (χ3v) is 5.11. The third-order valence-electron chi connectivity index (χ3n) is 3.85. The molecule has 0 aromatic heterocycles. The Morgan fingerprint density at radius 2 is 1.86 bits per heavy atom. The minimum atomic E-state index is -3.93. The average Bonchev–Trinajstić information content (AvgIpc) is 2.39. The minimum absolute atomic E-state index is 0.130. The highest BCUT2D eigenvalue weighted by Gasteiger charge is 2.25. The summed E-state index contributed by atoms with van der Waals surface area (Å²) in [6.45, 7) is 7.43. The quantitative estimate of drug-likeness (QED) is 0.868. The number of halogens is 1. The number of hydrogen-bond donors (Lipinski definition) is 2. The highest BCUT2D eigenvalue weighted by Crippen LogP contribution is 2.24. The van der Waals surface area contributed by atoms with Crippen molar-refractivity contribution in [2.45, 2.75) is 51.0 Å². The molecule has 0 saturated heterocycles. The van der Waals surface area contributed by atoms with Crippen molar-refractivity contribution in [2.24, 2.45) is 5.14 Å². The summed E-state index contributed by atoms with van der Waals surface area (Å²) in [5.74, 6) is -0.355. The Hall–Kier alpha value is -1.11. The monoisotopic (exact) mass is 332 g/mol. The van der Waals surface area contributed by atoms with Gasteiger partial charge in [0.15, 0.2) is 0 Å². The van der Waals surface area contributed by atoms with Crippen LogP contribution in [0.25, 0.3) is 0 Å². The molecule has 0 spiro atoms. The van der Waals surface area contributed by atoms with Crippen LogP contribution in [0.15, 0.2) is 17.0 Å². The molecule has 0 bridgehead atoms. The molecule has 5 nitrogen and oxygen atoms in total. The van der Waals surface area contributed by atoms with E-state index in [-0.39, 0.29) is 26.9 Å². The topological polar surface area (TPSA) is 89.3 Å². The van der Waals surface area contributed by atoms with Gasteiger partial charge in [-0.05, 0) is 44.4 Å². The number of benzene rings is 1. The van der Waals surface area contributed by atoms with Crippen LogP contribution in [0.4, 0.5) is 0 Å². The molecule has 1 aromatic rings. The third kappa shape index (κ3) is 4.18. The summed E-state index contributed by atoms with van der Waals surface area (Å²) >= 11 is 5.91. The van der Waals surface area contributed by atoms with Gasteiger partial charge in [0, 0.05) is 16.1 Å². The van der Waals surface area contributed by atoms with E-state index >= 15 is 0 Å². The predicted octanol–water partition coefficient (Wildman–Crippen LogP) is 2.60. The summed E-state index contributed by atoms with van der Waals surface area (Å²) in [5.41, 5.74) is 0.168. The zero-order chi connectivity index (χ0) is 16.4. The maximum Gasteiger partial charge on any atom is 0.252 e. The second-order valence-corrected chi connectivity index (χ2v) is 7.31. The molecule has 118 valence electrons. The first kappa shape index (κ1) is 17.9. The number of carbonyl (C=O) groups excluding carboxylic acids is 1. The van der Waals surface area contributed by atoms with Crippen LogP contribution in [0.2, 0.25) is 5.02 Å². The molecule has 3 N–H and O–H groups in total. The van der Waals surface area contributed by atoms with E-state index in [9.17, 15) is 13.2 Å². The number of primary sulfonamides is 1. The molecule has 7 heteroatoms. The van der Waals surface area contributed by atoms with Crippen molar-refractivity contribution < 1.29 is 13.2 Å². The zero-order valence-electron chi connectivity index (χ0n) is 12.7. The van der Waals surface area contributed by atoms with Crippen molar-refractivity contribution >= 4 is 27.5 Å². The van der Waals surface area contributed by atoms with E-state index in [0.29, 0.717) is 5.56 Å². The number of nitrogens with two attached hydrogens (primary N) is 1. The van der Waals surface area contributed by atoms with E-state index in [0.717, 1.165) is 12.8 Å². The Bertz CT molecular complexity index is 652. The summed E-state index contributed by atoms with van der Waals surface area (Å²) in [7, 11) is -3.93. The Balaban J connectivity index is 3.32.